The molecule has 1 atom stereocenters. The Bertz CT molecular complexity index is 172. The van der Waals surface area contributed by atoms with Crippen molar-refractivity contribution in [3.63, 3.8) is 0 Å². The van der Waals surface area contributed by atoms with Crippen LogP contribution in [0.3, 0.4) is 0 Å². The first-order chi connectivity index (χ1) is 5.05. The summed E-state index contributed by atoms with van der Waals surface area (Å²) in [6, 6.07) is -0.838. The maximum absolute atomic E-state index is 12.4. The minimum Gasteiger partial charge on any atom is -0.468 e. The molecule has 1 fully saturated rings. The fourth-order valence-corrected chi connectivity index (χ4v) is 1.02. The van der Waals surface area contributed by atoms with Crippen LogP contribution in [0.1, 0.15) is 6.42 Å². The zero-order valence-electron chi connectivity index (χ0n) is 6.06. The molecule has 1 N–H and O–H groups in total. The molecule has 1 rings (SSSR count). The van der Waals surface area contributed by atoms with Crippen molar-refractivity contribution in [2.24, 2.45) is 0 Å². The molecule has 64 valence electrons. The smallest absolute Gasteiger partial charge is 0.323 e. The predicted octanol–water partition coefficient (Wildman–Crippen LogP) is 0.157. The number of ether oxygens (including phenoxy) is 1. The molecule has 1 aliphatic heterocycles. The number of alkyl halides is 2. The first kappa shape index (κ1) is 8.39. The second-order valence-corrected chi connectivity index (χ2v) is 2.52. The Hall–Kier alpha value is -0.710. The van der Waals surface area contributed by atoms with Crippen LogP contribution in [0.15, 0.2) is 0 Å². The highest BCUT2D eigenvalue weighted by atomic mass is 19.3. The third-order valence-electron chi connectivity index (χ3n) is 1.60. The summed E-state index contributed by atoms with van der Waals surface area (Å²) < 4.78 is 29.1. The largest absolute Gasteiger partial charge is 0.468 e. The van der Waals surface area contributed by atoms with E-state index in [1.54, 1.807) is 0 Å². The van der Waals surface area contributed by atoms with E-state index >= 15 is 0 Å². The molecule has 0 spiro atoms. The van der Waals surface area contributed by atoms with Gasteiger partial charge in [-0.05, 0) is 0 Å². The van der Waals surface area contributed by atoms with E-state index in [0.717, 1.165) is 0 Å². The summed E-state index contributed by atoms with van der Waals surface area (Å²) in [6.45, 7) is -0.438. The molecule has 0 saturated carbocycles. The van der Waals surface area contributed by atoms with E-state index in [4.69, 9.17) is 0 Å². The summed E-state index contributed by atoms with van der Waals surface area (Å²) in [5, 5.41) is 2.37. The molecule has 0 amide bonds. The lowest BCUT2D eigenvalue weighted by molar-refractivity contribution is -0.143. The molecule has 0 radical (unpaired) electrons. The Morgan fingerprint density at radius 3 is 2.73 bits per heavy atom. The van der Waals surface area contributed by atoms with Crippen LogP contribution in [-0.2, 0) is 9.53 Å². The Balaban J connectivity index is 2.48. The van der Waals surface area contributed by atoms with Crippen molar-refractivity contribution in [3.8, 4) is 0 Å². The molecule has 1 aliphatic rings. The zero-order valence-corrected chi connectivity index (χ0v) is 6.06. The van der Waals surface area contributed by atoms with E-state index in [9.17, 15) is 13.6 Å². The molecule has 0 aromatic heterocycles. The first-order valence-electron chi connectivity index (χ1n) is 3.24. The number of hydrogen-bond acceptors (Lipinski definition) is 3. The van der Waals surface area contributed by atoms with Crippen molar-refractivity contribution < 1.29 is 18.3 Å². The number of carbonyl (C=O) groups is 1. The van der Waals surface area contributed by atoms with E-state index < -0.39 is 30.9 Å². The monoisotopic (exact) mass is 165 g/mol. The Morgan fingerprint density at radius 2 is 2.36 bits per heavy atom. The summed E-state index contributed by atoms with van der Waals surface area (Å²) >= 11 is 0. The lowest BCUT2D eigenvalue weighted by atomic mass is 10.2. The number of carbonyl (C=O) groups excluding carboxylic acids is 1. The van der Waals surface area contributed by atoms with Crippen LogP contribution in [-0.4, -0.2) is 31.6 Å². The van der Waals surface area contributed by atoms with Crippen molar-refractivity contribution in [1.29, 1.82) is 0 Å². The molecule has 0 aromatic rings. The van der Waals surface area contributed by atoms with Crippen LogP contribution in [0.5, 0.6) is 0 Å². The number of rotatable bonds is 1. The average molecular weight is 165 g/mol. The van der Waals surface area contributed by atoms with Gasteiger partial charge in [0.1, 0.15) is 6.04 Å². The van der Waals surface area contributed by atoms with Crippen LogP contribution in [0, 0.1) is 0 Å². The fraction of sp³-hybridized carbons (Fsp3) is 0.833. The Labute approximate surface area is 62.7 Å². The second kappa shape index (κ2) is 2.73. The summed E-state index contributed by atoms with van der Waals surface area (Å²) in [7, 11) is 1.18. The predicted molar refractivity (Wildman–Crippen MR) is 33.4 cm³/mol. The summed E-state index contributed by atoms with van der Waals surface area (Å²) in [5.41, 5.74) is 0. The van der Waals surface area contributed by atoms with Gasteiger partial charge >= 0.3 is 5.97 Å². The van der Waals surface area contributed by atoms with Gasteiger partial charge in [0.15, 0.2) is 0 Å². The lowest BCUT2D eigenvalue weighted by Crippen LogP contribution is -2.31. The highest BCUT2D eigenvalue weighted by molar-refractivity contribution is 5.76. The molecule has 11 heavy (non-hydrogen) atoms. The van der Waals surface area contributed by atoms with Gasteiger partial charge in [0.25, 0.3) is 5.92 Å². The molecular formula is C6H9F2NO2. The third kappa shape index (κ3) is 1.86. The zero-order chi connectivity index (χ0) is 8.48. The van der Waals surface area contributed by atoms with Crippen molar-refractivity contribution in [3.05, 3.63) is 0 Å². The number of esters is 1. The summed E-state index contributed by atoms with van der Waals surface area (Å²) in [6.07, 6.45) is -0.459. The van der Waals surface area contributed by atoms with Gasteiger partial charge in [-0.3, -0.25) is 10.1 Å². The molecule has 0 aliphatic carbocycles. The van der Waals surface area contributed by atoms with E-state index in [-0.39, 0.29) is 0 Å². The minimum atomic E-state index is -2.77. The molecule has 1 saturated heterocycles. The van der Waals surface area contributed by atoms with Gasteiger partial charge in [-0.15, -0.1) is 0 Å². The normalized spacial score (nSPS) is 28.5. The van der Waals surface area contributed by atoms with Gasteiger partial charge in [-0.1, -0.05) is 0 Å². The fourth-order valence-electron chi connectivity index (χ4n) is 1.02. The third-order valence-corrected chi connectivity index (χ3v) is 1.60. The second-order valence-electron chi connectivity index (χ2n) is 2.52. The molecule has 5 heteroatoms. The van der Waals surface area contributed by atoms with Crippen LogP contribution >= 0.6 is 0 Å². The Kier molecular flexibility index (Phi) is 2.08. The van der Waals surface area contributed by atoms with Crippen molar-refractivity contribution in [2.45, 2.75) is 18.4 Å². The van der Waals surface area contributed by atoms with Gasteiger partial charge in [0.2, 0.25) is 0 Å². The molecule has 0 aromatic carbocycles. The SMILES string of the molecule is COC(=O)[C@@H]1CC(F)(F)CN1. The van der Waals surface area contributed by atoms with Gasteiger partial charge in [0, 0.05) is 6.42 Å². The van der Waals surface area contributed by atoms with Gasteiger partial charge in [-0.2, -0.15) is 0 Å². The maximum Gasteiger partial charge on any atom is 0.323 e. The highest BCUT2D eigenvalue weighted by Crippen LogP contribution is 2.25. The molecule has 3 nitrogen and oxygen atoms in total. The van der Waals surface area contributed by atoms with Crippen molar-refractivity contribution in [1.82, 2.24) is 5.32 Å². The average Bonchev–Trinajstić information content (AvgIpc) is 2.29. The molecule has 1 heterocycles. The van der Waals surface area contributed by atoms with Crippen molar-refractivity contribution in [2.75, 3.05) is 13.7 Å². The first-order valence-corrected chi connectivity index (χ1v) is 3.24. The van der Waals surface area contributed by atoms with Gasteiger partial charge < -0.3 is 4.74 Å². The van der Waals surface area contributed by atoms with E-state index in [1.807, 2.05) is 0 Å². The van der Waals surface area contributed by atoms with E-state index in [2.05, 4.69) is 10.1 Å². The highest BCUT2D eigenvalue weighted by Gasteiger charge is 2.42. The molecule has 0 bridgehead atoms. The topological polar surface area (TPSA) is 38.3 Å². The van der Waals surface area contributed by atoms with Gasteiger partial charge in [0.05, 0.1) is 13.7 Å². The van der Waals surface area contributed by atoms with E-state index in [1.165, 1.54) is 7.11 Å². The Morgan fingerprint density at radius 1 is 1.73 bits per heavy atom. The van der Waals surface area contributed by atoms with Crippen LogP contribution in [0.25, 0.3) is 0 Å². The van der Waals surface area contributed by atoms with Crippen LogP contribution in [0.4, 0.5) is 8.78 Å². The number of halogens is 2. The van der Waals surface area contributed by atoms with Crippen LogP contribution < -0.4 is 5.32 Å². The van der Waals surface area contributed by atoms with E-state index in [0.29, 0.717) is 0 Å². The lowest BCUT2D eigenvalue weighted by Gasteiger charge is -2.06. The summed E-state index contributed by atoms with van der Waals surface area (Å²) in [5.74, 6) is -3.39. The number of nitrogens with one attached hydrogen (secondary N) is 1. The standard InChI is InChI=1S/C6H9F2NO2/c1-11-5(10)4-2-6(7,8)3-9-4/h4,9H,2-3H2,1H3/t4-/m0/s1. The minimum absolute atomic E-state index is 0.438. The number of methoxy groups -OCH3 is 1. The summed E-state index contributed by atoms with van der Waals surface area (Å²) in [4.78, 5) is 10.7. The van der Waals surface area contributed by atoms with Crippen LogP contribution in [0.2, 0.25) is 0 Å². The number of hydrogen-bond donors (Lipinski definition) is 1. The van der Waals surface area contributed by atoms with Gasteiger partial charge in [-0.25, -0.2) is 8.78 Å². The quantitative estimate of drug-likeness (QED) is 0.562. The molecular weight excluding hydrogens is 156 g/mol. The molecule has 0 unspecified atom stereocenters. The maximum atomic E-state index is 12.4. The van der Waals surface area contributed by atoms with Crippen molar-refractivity contribution >= 4 is 5.97 Å².